The van der Waals surface area contributed by atoms with Gasteiger partial charge in [-0.1, -0.05) is 24.3 Å². The number of carbonyl (C=O) groups excluding carboxylic acids is 3. The molecule has 0 aliphatic rings. The zero-order valence-corrected chi connectivity index (χ0v) is 26.8. The van der Waals surface area contributed by atoms with Crippen LogP contribution < -0.4 is 5.32 Å². The average molecular weight is 639 g/mol. The van der Waals surface area contributed by atoms with Gasteiger partial charge in [-0.3, -0.25) is 24.3 Å². The van der Waals surface area contributed by atoms with Gasteiger partial charge in [-0.05, 0) is 75.7 Å². The van der Waals surface area contributed by atoms with Gasteiger partial charge in [0.1, 0.15) is 24.7 Å². The van der Waals surface area contributed by atoms with Crippen molar-refractivity contribution in [2.24, 2.45) is 0 Å². The van der Waals surface area contributed by atoms with Crippen molar-refractivity contribution in [3.63, 3.8) is 0 Å². The summed E-state index contributed by atoms with van der Waals surface area (Å²) in [5.74, 6) is -2.04. The maximum atomic E-state index is 14.6. The number of methoxy groups -OCH3 is 1. The van der Waals surface area contributed by atoms with E-state index in [0.717, 1.165) is 39.9 Å². The number of hydrogen-bond acceptors (Lipinski definition) is 8. The molecule has 2 amide bonds. The monoisotopic (exact) mass is 638 g/mol. The Morgan fingerprint density at radius 2 is 1.79 bits per heavy atom. The van der Waals surface area contributed by atoms with E-state index < -0.39 is 29.3 Å². The van der Waals surface area contributed by atoms with E-state index in [0.29, 0.717) is 11.4 Å². The quantitative estimate of drug-likeness (QED) is 0.187. The summed E-state index contributed by atoms with van der Waals surface area (Å²) in [6.45, 7) is 7.07. The average Bonchev–Trinajstić information content (AvgIpc) is 3.44. The number of amides is 2. The molecule has 0 atom stereocenters. The Kier molecular flexibility index (Phi) is 9.59. The van der Waals surface area contributed by atoms with Crippen LogP contribution in [0.25, 0.3) is 33.4 Å². The molecule has 0 aliphatic heterocycles. The highest BCUT2D eigenvalue weighted by molar-refractivity contribution is 5.98. The predicted octanol–water partition coefficient (Wildman–Crippen LogP) is 6.27. The lowest BCUT2D eigenvalue weighted by Gasteiger charge is -2.34. The van der Waals surface area contributed by atoms with Gasteiger partial charge in [0.05, 0.1) is 30.4 Å². The second kappa shape index (κ2) is 13.8. The lowest BCUT2D eigenvalue weighted by molar-refractivity contribution is -0.116. The summed E-state index contributed by atoms with van der Waals surface area (Å²) in [5.41, 5.74) is 3.91. The van der Waals surface area contributed by atoms with Gasteiger partial charge < -0.3 is 14.8 Å². The Labute approximate surface area is 271 Å². The number of hydrogen-bond donors (Lipinski definition) is 1. The molecule has 3 heterocycles. The van der Waals surface area contributed by atoms with Crippen molar-refractivity contribution in [1.82, 2.24) is 24.6 Å². The molecule has 0 bridgehead atoms. The third-order valence-electron chi connectivity index (χ3n) is 7.31. The van der Waals surface area contributed by atoms with Gasteiger partial charge in [0, 0.05) is 40.3 Å². The summed E-state index contributed by atoms with van der Waals surface area (Å²) in [5, 5.41) is 8.29. The Balaban J connectivity index is 1.34. The number of nitrogens with zero attached hydrogens (tertiary/aromatic N) is 5. The van der Waals surface area contributed by atoms with Gasteiger partial charge in [-0.15, -0.1) is 0 Å². The van der Waals surface area contributed by atoms with Crippen LogP contribution in [0.3, 0.4) is 0 Å². The van der Waals surface area contributed by atoms with Crippen LogP contribution in [0.4, 0.5) is 14.9 Å². The molecule has 5 aromatic rings. The molecule has 3 aromatic heterocycles. The molecule has 0 fully saturated rings. The van der Waals surface area contributed by atoms with E-state index in [-0.39, 0.29) is 30.9 Å². The predicted molar refractivity (Wildman–Crippen MR) is 175 cm³/mol. The fraction of sp³-hybridized carbons (Fsp3) is 0.257. The molecular formula is C35H35FN6O5. The minimum Gasteiger partial charge on any atom is -0.460 e. The number of aryl methyl sites for hydroxylation is 1. The lowest BCUT2D eigenvalue weighted by Crippen LogP contribution is -2.47. The molecular weight excluding hydrogens is 603 g/mol. The first-order valence-corrected chi connectivity index (χ1v) is 14.9. The molecule has 5 rings (SSSR count). The number of aromatic nitrogens is 4. The number of para-hydroxylation sites is 1. The van der Waals surface area contributed by atoms with Gasteiger partial charge in [0.15, 0.2) is 0 Å². The highest BCUT2D eigenvalue weighted by atomic mass is 19.1. The van der Waals surface area contributed by atoms with Gasteiger partial charge in [0.25, 0.3) is 0 Å². The van der Waals surface area contributed by atoms with Gasteiger partial charge in [-0.2, -0.15) is 5.10 Å². The van der Waals surface area contributed by atoms with Crippen molar-refractivity contribution in [2.45, 2.75) is 39.8 Å². The van der Waals surface area contributed by atoms with Crippen molar-refractivity contribution in [3.8, 4) is 22.5 Å². The van der Waals surface area contributed by atoms with E-state index in [1.807, 2.05) is 76.2 Å². The van der Waals surface area contributed by atoms with Crippen LogP contribution in [0.2, 0.25) is 0 Å². The van der Waals surface area contributed by atoms with Gasteiger partial charge >= 0.3 is 12.1 Å². The second-order valence-electron chi connectivity index (χ2n) is 11.8. The van der Waals surface area contributed by atoms with Crippen LogP contribution in [0.15, 0.2) is 79.1 Å². The molecule has 242 valence electrons. The molecule has 0 aliphatic carbocycles. The third kappa shape index (κ3) is 7.78. The number of ether oxygens (including phenoxy) is 2. The molecule has 2 aromatic carbocycles. The van der Waals surface area contributed by atoms with Gasteiger partial charge in [-0.25, -0.2) is 14.0 Å². The first-order chi connectivity index (χ1) is 22.4. The molecule has 0 unspecified atom stereocenters. The van der Waals surface area contributed by atoms with Crippen molar-refractivity contribution in [2.75, 3.05) is 25.6 Å². The first-order valence-electron chi connectivity index (χ1n) is 14.9. The largest absolute Gasteiger partial charge is 0.460 e. The molecule has 0 radical (unpaired) electrons. The van der Waals surface area contributed by atoms with Crippen molar-refractivity contribution in [1.29, 1.82) is 0 Å². The molecule has 11 nitrogen and oxygen atoms in total. The van der Waals surface area contributed by atoms with E-state index in [2.05, 4.69) is 15.3 Å². The van der Waals surface area contributed by atoms with Crippen molar-refractivity contribution >= 4 is 34.6 Å². The fourth-order valence-electron chi connectivity index (χ4n) is 5.15. The summed E-state index contributed by atoms with van der Waals surface area (Å²) in [4.78, 5) is 48.6. The number of rotatable bonds is 9. The van der Waals surface area contributed by atoms with Crippen LogP contribution >= 0.6 is 0 Å². The number of fused-ring (bicyclic) bond motifs is 1. The Hall–Kier alpha value is -5.65. The topological polar surface area (TPSA) is 129 Å². The standard InChI is InChI=1S/C35H35FN6O5/c1-22-9-8-12-30(38-22)32-28(26-13-14-37-29-11-7-6-10-27(26)29)20-41(40-32)21-31(43)39-25-18-23(17-24(36)19-25)33(44)47-16-15-42(34(45)46-5)35(2,3)4/h6-14,17-20H,15-16,21H2,1-5H3,(H,39,43). The molecule has 12 heteroatoms. The van der Waals surface area contributed by atoms with Crippen molar-refractivity contribution < 1.29 is 28.2 Å². The third-order valence-corrected chi connectivity index (χ3v) is 7.31. The number of anilines is 1. The number of halogens is 1. The Morgan fingerprint density at radius 3 is 2.53 bits per heavy atom. The van der Waals surface area contributed by atoms with Gasteiger partial charge in [0.2, 0.25) is 5.91 Å². The Bertz CT molecular complexity index is 1950. The number of esters is 1. The molecule has 0 spiro atoms. The molecule has 47 heavy (non-hydrogen) atoms. The molecule has 0 saturated heterocycles. The van der Waals surface area contributed by atoms with Crippen LogP contribution in [0.5, 0.6) is 0 Å². The van der Waals surface area contributed by atoms with Crippen LogP contribution in [-0.2, 0) is 20.8 Å². The maximum Gasteiger partial charge on any atom is 0.410 e. The molecule has 0 saturated carbocycles. The normalized spacial score (nSPS) is 11.3. The number of pyridine rings is 2. The first kappa shape index (κ1) is 32.7. The number of nitrogens with one attached hydrogen (secondary N) is 1. The Morgan fingerprint density at radius 1 is 1.00 bits per heavy atom. The van der Waals surface area contributed by atoms with Crippen LogP contribution in [0, 0.1) is 12.7 Å². The van der Waals surface area contributed by atoms with Crippen LogP contribution in [-0.4, -0.2) is 68.4 Å². The summed E-state index contributed by atoms with van der Waals surface area (Å²) < 4.78 is 26.2. The fourth-order valence-corrected chi connectivity index (χ4v) is 5.15. The summed E-state index contributed by atoms with van der Waals surface area (Å²) in [6.07, 6.45) is 2.93. The van der Waals surface area contributed by atoms with Crippen LogP contribution in [0.1, 0.15) is 36.8 Å². The summed E-state index contributed by atoms with van der Waals surface area (Å²) >= 11 is 0. The van der Waals surface area contributed by atoms with E-state index in [4.69, 9.17) is 14.6 Å². The maximum absolute atomic E-state index is 14.6. The number of benzene rings is 2. The smallest absolute Gasteiger partial charge is 0.410 e. The lowest BCUT2D eigenvalue weighted by atomic mass is 10.0. The minimum absolute atomic E-state index is 0.0703. The van der Waals surface area contributed by atoms with E-state index in [1.54, 1.807) is 12.4 Å². The van der Waals surface area contributed by atoms with E-state index in [9.17, 15) is 18.8 Å². The number of carbonyl (C=O) groups is 3. The molecule has 1 N–H and O–H groups in total. The SMILES string of the molecule is COC(=O)N(CCOC(=O)c1cc(F)cc(NC(=O)Cn2cc(-c3ccnc4ccccc34)c(-c3cccc(C)n3)n2)c1)C(C)(C)C. The highest BCUT2D eigenvalue weighted by Gasteiger charge is 2.27. The highest BCUT2D eigenvalue weighted by Crippen LogP contribution is 2.34. The van der Waals surface area contributed by atoms with E-state index >= 15 is 0 Å². The summed E-state index contributed by atoms with van der Waals surface area (Å²) in [6, 6.07) is 18.7. The zero-order chi connectivity index (χ0) is 33.7. The minimum atomic E-state index is -0.810. The summed E-state index contributed by atoms with van der Waals surface area (Å²) in [7, 11) is 1.27. The zero-order valence-electron chi connectivity index (χ0n) is 26.8. The second-order valence-corrected chi connectivity index (χ2v) is 11.8. The van der Waals surface area contributed by atoms with Crippen molar-refractivity contribution in [3.05, 3.63) is 96.2 Å². The van der Waals surface area contributed by atoms with E-state index in [1.165, 1.54) is 22.8 Å².